The number of benzene rings is 1. The molecule has 1 aliphatic rings. The normalized spacial score (nSPS) is 17.2. The zero-order valence-electron chi connectivity index (χ0n) is 21.7. The quantitative estimate of drug-likeness (QED) is 0.416. The van der Waals surface area contributed by atoms with Crippen LogP contribution in [0.4, 0.5) is 9.18 Å². The van der Waals surface area contributed by atoms with Gasteiger partial charge in [-0.05, 0) is 54.7 Å². The molecule has 3 N–H and O–H groups in total. The number of carbonyl (C=O) groups is 2. The van der Waals surface area contributed by atoms with Gasteiger partial charge >= 0.3 is 6.09 Å². The summed E-state index contributed by atoms with van der Waals surface area (Å²) in [5.74, 6) is -0.560. The van der Waals surface area contributed by atoms with Crippen molar-refractivity contribution in [2.45, 2.75) is 84.4 Å². The van der Waals surface area contributed by atoms with E-state index in [-0.39, 0.29) is 22.8 Å². The standard InChI is InChI=1S/C28H39FN2O5/c1-16(2)14-21(30-28(35)36-15-18-8-6-5-7-9-18)27(34)31-24(17(3)4)26(33)23-22(25(23)32)19-10-12-20(29)13-11-19/h10-13,16-18,21,24,26,33H,5-9,14-15H2,1-4H3,(H,30,35)(H,31,34)/t21-,24-,26+/m0/s1. The smallest absolute Gasteiger partial charge is 0.407 e. The number of aliphatic hydroxyl groups excluding tert-OH is 1. The third kappa shape index (κ3) is 7.38. The summed E-state index contributed by atoms with van der Waals surface area (Å²) in [6.07, 6.45) is 4.16. The number of amides is 2. The average molecular weight is 503 g/mol. The van der Waals surface area contributed by atoms with Crippen molar-refractivity contribution < 1.29 is 23.8 Å². The first-order chi connectivity index (χ1) is 17.1. The molecule has 2 aromatic carbocycles. The highest BCUT2D eigenvalue weighted by molar-refractivity contribution is 5.86. The summed E-state index contributed by atoms with van der Waals surface area (Å²) in [7, 11) is 0. The number of alkyl carbamates (subject to hydrolysis) is 1. The van der Waals surface area contributed by atoms with Crippen molar-refractivity contribution in [3.63, 3.8) is 0 Å². The van der Waals surface area contributed by atoms with Crippen LogP contribution in [0.5, 0.6) is 0 Å². The van der Waals surface area contributed by atoms with E-state index in [1.54, 1.807) is 0 Å². The van der Waals surface area contributed by atoms with Crippen molar-refractivity contribution in [3.8, 4) is 11.1 Å². The molecular weight excluding hydrogens is 463 g/mol. The zero-order chi connectivity index (χ0) is 26.4. The van der Waals surface area contributed by atoms with Gasteiger partial charge in [-0.25, -0.2) is 9.18 Å². The molecule has 1 fully saturated rings. The Bertz CT molecular complexity index is 1020. The summed E-state index contributed by atoms with van der Waals surface area (Å²) < 4.78 is 18.7. The fourth-order valence-corrected chi connectivity index (χ4v) is 4.86. The molecule has 8 heteroatoms. The van der Waals surface area contributed by atoms with Gasteiger partial charge in [-0.2, -0.15) is 0 Å². The van der Waals surface area contributed by atoms with Gasteiger partial charge in [0.05, 0.1) is 12.6 Å². The van der Waals surface area contributed by atoms with Crippen molar-refractivity contribution in [1.82, 2.24) is 10.6 Å². The summed E-state index contributed by atoms with van der Waals surface area (Å²) in [4.78, 5) is 38.2. The third-order valence-electron chi connectivity index (χ3n) is 6.97. The van der Waals surface area contributed by atoms with E-state index in [4.69, 9.17) is 4.74 Å². The summed E-state index contributed by atoms with van der Waals surface area (Å²) in [6, 6.07) is 3.92. The van der Waals surface area contributed by atoms with E-state index in [1.807, 2.05) is 27.7 Å². The minimum atomic E-state index is -1.22. The number of halogens is 1. The molecular formula is C28H39FN2O5. The minimum absolute atomic E-state index is 0.125. The van der Waals surface area contributed by atoms with E-state index in [2.05, 4.69) is 10.6 Å². The van der Waals surface area contributed by atoms with Gasteiger partial charge in [0.2, 0.25) is 5.91 Å². The van der Waals surface area contributed by atoms with E-state index < -0.39 is 36.0 Å². The highest BCUT2D eigenvalue weighted by atomic mass is 19.1. The Hall–Kier alpha value is -2.74. The maximum absolute atomic E-state index is 13.3. The minimum Gasteiger partial charge on any atom is -0.449 e. The van der Waals surface area contributed by atoms with Crippen molar-refractivity contribution in [1.29, 1.82) is 0 Å². The predicted molar refractivity (Wildman–Crippen MR) is 137 cm³/mol. The second-order valence-corrected chi connectivity index (χ2v) is 10.8. The van der Waals surface area contributed by atoms with E-state index >= 15 is 0 Å². The lowest BCUT2D eigenvalue weighted by atomic mass is 9.90. The molecule has 198 valence electrons. The first-order valence-corrected chi connectivity index (χ1v) is 13.0. The topological polar surface area (TPSA) is 105 Å². The summed E-state index contributed by atoms with van der Waals surface area (Å²) >= 11 is 0. The number of hydrogen-bond acceptors (Lipinski definition) is 5. The van der Waals surface area contributed by atoms with Crippen LogP contribution in [0.25, 0.3) is 11.1 Å². The molecule has 0 saturated heterocycles. The number of carbonyl (C=O) groups excluding carboxylic acids is 2. The lowest BCUT2D eigenvalue weighted by Gasteiger charge is -2.29. The number of hydrogen-bond donors (Lipinski definition) is 3. The van der Waals surface area contributed by atoms with Crippen molar-refractivity contribution in [3.05, 3.63) is 45.9 Å². The molecule has 0 heterocycles. The molecule has 3 rings (SSSR count). The SMILES string of the molecule is CC(C)C[C@H](NC(=O)OCC1CCCCC1)C(=O)N[C@@H](C(C)C)[C@H](O)c1c(-c2ccc(F)cc2)c1=O. The second kappa shape index (κ2) is 12.5. The number of rotatable bonds is 11. The van der Waals surface area contributed by atoms with Gasteiger partial charge < -0.3 is 20.5 Å². The lowest BCUT2D eigenvalue weighted by molar-refractivity contribution is -0.125. The average Bonchev–Trinajstić information content (AvgIpc) is 3.51. The van der Waals surface area contributed by atoms with Crippen LogP contribution in [0.15, 0.2) is 29.1 Å². The van der Waals surface area contributed by atoms with Gasteiger partial charge in [0.15, 0.2) is 5.43 Å². The van der Waals surface area contributed by atoms with Crippen LogP contribution in [0.3, 0.4) is 0 Å². The van der Waals surface area contributed by atoms with Crippen LogP contribution in [0.2, 0.25) is 0 Å². The zero-order valence-corrected chi connectivity index (χ0v) is 21.7. The summed E-state index contributed by atoms with van der Waals surface area (Å²) in [6.45, 7) is 7.92. The number of nitrogens with one attached hydrogen (secondary N) is 2. The molecule has 0 aliphatic heterocycles. The summed E-state index contributed by atoms with van der Waals surface area (Å²) in [5, 5.41) is 16.6. The Labute approximate surface area is 212 Å². The van der Waals surface area contributed by atoms with Gasteiger partial charge in [-0.1, -0.05) is 59.1 Å². The van der Waals surface area contributed by atoms with Crippen LogP contribution in [0, 0.1) is 23.6 Å². The van der Waals surface area contributed by atoms with Crippen LogP contribution in [0.1, 0.15) is 77.9 Å². The second-order valence-electron chi connectivity index (χ2n) is 10.8. The molecule has 7 nitrogen and oxygen atoms in total. The highest BCUT2D eigenvalue weighted by Crippen LogP contribution is 2.34. The molecule has 1 saturated carbocycles. The Balaban J connectivity index is 1.65. The van der Waals surface area contributed by atoms with Gasteiger partial charge in [0, 0.05) is 11.1 Å². The lowest BCUT2D eigenvalue weighted by Crippen LogP contribution is -2.53. The molecule has 2 aromatic rings. The van der Waals surface area contributed by atoms with Crippen LogP contribution in [-0.2, 0) is 9.53 Å². The fourth-order valence-electron chi connectivity index (χ4n) is 4.86. The van der Waals surface area contributed by atoms with E-state index in [1.165, 1.54) is 30.7 Å². The molecule has 1 aliphatic carbocycles. The van der Waals surface area contributed by atoms with E-state index in [0.717, 1.165) is 25.7 Å². The largest absolute Gasteiger partial charge is 0.449 e. The monoisotopic (exact) mass is 502 g/mol. The maximum Gasteiger partial charge on any atom is 0.407 e. The van der Waals surface area contributed by atoms with Gasteiger partial charge in [-0.15, -0.1) is 0 Å². The summed E-state index contributed by atoms with van der Waals surface area (Å²) in [5.41, 5.74) is 0.813. The molecule has 0 aromatic heterocycles. The number of ether oxygens (including phenoxy) is 1. The molecule has 0 unspecified atom stereocenters. The molecule has 0 bridgehead atoms. The Morgan fingerprint density at radius 2 is 1.69 bits per heavy atom. The molecule has 0 radical (unpaired) electrons. The first-order valence-electron chi connectivity index (χ1n) is 13.0. The van der Waals surface area contributed by atoms with Crippen molar-refractivity contribution >= 4 is 12.0 Å². The van der Waals surface area contributed by atoms with E-state index in [0.29, 0.717) is 30.1 Å². The Morgan fingerprint density at radius 1 is 1.06 bits per heavy atom. The Kier molecular flexibility index (Phi) is 9.65. The van der Waals surface area contributed by atoms with Crippen molar-refractivity contribution in [2.24, 2.45) is 17.8 Å². The van der Waals surface area contributed by atoms with Gasteiger partial charge in [0.1, 0.15) is 18.0 Å². The van der Waals surface area contributed by atoms with Crippen LogP contribution >= 0.6 is 0 Å². The highest BCUT2D eigenvalue weighted by Gasteiger charge is 2.37. The molecule has 0 spiro atoms. The first kappa shape index (κ1) is 27.8. The van der Waals surface area contributed by atoms with Crippen molar-refractivity contribution in [2.75, 3.05) is 6.61 Å². The third-order valence-corrected chi connectivity index (χ3v) is 6.97. The Morgan fingerprint density at radius 3 is 2.28 bits per heavy atom. The fraction of sp³-hybridized carbons (Fsp3) is 0.607. The number of aliphatic hydroxyl groups is 1. The molecule has 36 heavy (non-hydrogen) atoms. The predicted octanol–water partition coefficient (Wildman–Crippen LogP) is 4.62. The van der Waals surface area contributed by atoms with Gasteiger partial charge in [-0.3, -0.25) is 9.59 Å². The maximum atomic E-state index is 13.3. The van der Waals surface area contributed by atoms with E-state index in [9.17, 15) is 23.9 Å². The van der Waals surface area contributed by atoms with Gasteiger partial charge in [0.25, 0.3) is 0 Å². The van der Waals surface area contributed by atoms with Crippen LogP contribution in [-0.4, -0.2) is 35.8 Å². The molecule has 3 atom stereocenters. The molecule has 2 amide bonds. The van der Waals surface area contributed by atoms with Crippen LogP contribution < -0.4 is 16.1 Å².